The number of phenolic OH excluding ortho intramolecular Hbond substituents is 1. The number of phenols is 1. The Kier molecular flexibility index (Phi) is 5.30. The molecule has 0 saturated carbocycles. The lowest BCUT2D eigenvalue weighted by Gasteiger charge is -2.22. The normalized spacial score (nSPS) is 14.3. The summed E-state index contributed by atoms with van der Waals surface area (Å²) in [7, 11) is 1.58. The molecule has 0 spiro atoms. The van der Waals surface area contributed by atoms with Crippen LogP contribution in [0.4, 0.5) is 0 Å². The summed E-state index contributed by atoms with van der Waals surface area (Å²) >= 11 is 0. The highest BCUT2D eigenvalue weighted by atomic mass is 16.5. The Morgan fingerprint density at radius 3 is 3.00 bits per heavy atom. The van der Waals surface area contributed by atoms with E-state index in [9.17, 15) is 9.90 Å². The summed E-state index contributed by atoms with van der Waals surface area (Å²) in [5.74, 6) is 0.792. The maximum atomic E-state index is 11.2. The molecule has 0 radical (unpaired) electrons. The highest BCUT2D eigenvalue weighted by molar-refractivity contribution is 5.83. The summed E-state index contributed by atoms with van der Waals surface area (Å²) in [4.78, 5) is 15.4. The van der Waals surface area contributed by atoms with Crippen molar-refractivity contribution in [1.29, 1.82) is 0 Å². The number of benzene rings is 1. The van der Waals surface area contributed by atoms with Crippen molar-refractivity contribution in [2.75, 3.05) is 26.9 Å². The van der Waals surface area contributed by atoms with Crippen LogP contribution in [-0.4, -0.2) is 43.3 Å². The lowest BCUT2D eigenvalue weighted by molar-refractivity contribution is 0.111. The number of aromatic hydroxyl groups is 1. The van der Waals surface area contributed by atoms with Gasteiger partial charge in [0.05, 0.1) is 25.9 Å². The van der Waals surface area contributed by atoms with E-state index in [1.807, 2.05) is 12.1 Å². The molecule has 0 aliphatic carbocycles. The van der Waals surface area contributed by atoms with Crippen LogP contribution < -0.4 is 9.47 Å². The molecule has 2 aromatic rings. The van der Waals surface area contributed by atoms with E-state index in [1.165, 1.54) is 6.07 Å². The number of aromatic nitrogens is 1. The first-order valence-electron chi connectivity index (χ1n) is 7.92. The Labute approximate surface area is 145 Å². The molecule has 6 heteroatoms. The van der Waals surface area contributed by atoms with Crippen LogP contribution in [0.5, 0.6) is 17.4 Å². The molecule has 2 heterocycles. The van der Waals surface area contributed by atoms with E-state index in [-0.39, 0.29) is 11.3 Å². The fraction of sp³-hybridized carbons (Fsp3) is 0.263. The predicted molar refractivity (Wildman–Crippen MR) is 92.1 cm³/mol. The minimum atomic E-state index is -0.0948. The standard InChI is InChI=1S/C19H19NO5/c1-23-19-14(4-3-8-20-19)16-12-24-9-7-13(16)11-25-18-6-2-5-17(22)15(18)10-21/h2-6,8,10,22H,7,9,11-12H2,1H3. The third-order valence-corrected chi connectivity index (χ3v) is 4.07. The number of nitrogens with zero attached hydrogens (tertiary/aromatic N) is 1. The Morgan fingerprint density at radius 2 is 2.20 bits per heavy atom. The lowest BCUT2D eigenvalue weighted by atomic mass is 9.98. The van der Waals surface area contributed by atoms with Gasteiger partial charge in [0.15, 0.2) is 6.29 Å². The third kappa shape index (κ3) is 3.64. The van der Waals surface area contributed by atoms with Crippen molar-refractivity contribution in [3.05, 3.63) is 53.2 Å². The smallest absolute Gasteiger partial charge is 0.220 e. The number of ether oxygens (including phenoxy) is 3. The van der Waals surface area contributed by atoms with Crippen LogP contribution in [-0.2, 0) is 4.74 Å². The SMILES string of the molecule is COc1ncccc1C1=C(COc2cccc(O)c2C=O)CCOC1. The first-order valence-corrected chi connectivity index (χ1v) is 7.92. The third-order valence-electron chi connectivity index (χ3n) is 4.07. The van der Waals surface area contributed by atoms with Gasteiger partial charge in [0.25, 0.3) is 0 Å². The van der Waals surface area contributed by atoms with Gasteiger partial charge in [-0.3, -0.25) is 4.79 Å². The van der Waals surface area contributed by atoms with E-state index in [0.29, 0.717) is 44.2 Å². The summed E-state index contributed by atoms with van der Waals surface area (Å²) < 4.78 is 16.7. The quantitative estimate of drug-likeness (QED) is 0.814. The van der Waals surface area contributed by atoms with E-state index in [4.69, 9.17) is 14.2 Å². The molecule has 0 saturated heterocycles. The number of hydrogen-bond donors (Lipinski definition) is 1. The van der Waals surface area contributed by atoms with Crippen molar-refractivity contribution in [1.82, 2.24) is 4.98 Å². The van der Waals surface area contributed by atoms with Gasteiger partial charge in [-0.15, -0.1) is 0 Å². The van der Waals surface area contributed by atoms with Crippen molar-refractivity contribution < 1.29 is 24.1 Å². The molecule has 0 amide bonds. The van der Waals surface area contributed by atoms with Gasteiger partial charge >= 0.3 is 0 Å². The van der Waals surface area contributed by atoms with Crippen LogP contribution in [0.1, 0.15) is 22.3 Å². The topological polar surface area (TPSA) is 77.9 Å². The second-order valence-corrected chi connectivity index (χ2v) is 5.54. The molecule has 3 rings (SSSR count). The van der Waals surface area contributed by atoms with Crippen LogP contribution in [0.15, 0.2) is 42.1 Å². The highest BCUT2D eigenvalue weighted by Crippen LogP contribution is 2.32. The molecule has 25 heavy (non-hydrogen) atoms. The summed E-state index contributed by atoms with van der Waals surface area (Å²) in [6, 6.07) is 8.53. The average molecular weight is 341 g/mol. The summed E-state index contributed by atoms with van der Waals surface area (Å²) in [5.41, 5.74) is 3.05. The van der Waals surface area contributed by atoms with Crippen LogP contribution in [0.2, 0.25) is 0 Å². The minimum absolute atomic E-state index is 0.0948. The first-order chi connectivity index (χ1) is 12.2. The predicted octanol–water partition coefficient (Wildman–Crippen LogP) is 2.86. The fourth-order valence-corrected chi connectivity index (χ4v) is 2.77. The van der Waals surface area contributed by atoms with Crippen LogP contribution in [0.25, 0.3) is 5.57 Å². The van der Waals surface area contributed by atoms with E-state index >= 15 is 0 Å². The molecule has 1 aromatic heterocycles. The molecule has 0 fully saturated rings. The Balaban J connectivity index is 1.90. The maximum Gasteiger partial charge on any atom is 0.220 e. The zero-order valence-corrected chi connectivity index (χ0v) is 13.9. The van der Waals surface area contributed by atoms with E-state index in [2.05, 4.69) is 4.98 Å². The Morgan fingerprint density at radius 1 is 1.32 bits per heavy atom. The molecule has 0 unspecified atom stereocenters. The number of hydrogen-bond acceptors (Lipinski definition) is 6. The van der Waals surface area contributed by atoms with E-state index in [0.717, 1.165) is 16.7 Å². The van der Waals surface area contributed by atoms with Crippen molar-refractivity contribution in [2.24, 2.45) is 0 Å². The van der Waals surface area contributed by atoms with Gasteiger partial charge in [0.2, 0.25) is 5.88 Å². The van der Waals surface area contributed by atoms with Gasteiger partial charge in [-0.1, -0.05) is 6.07 Å². The number of pyridine rings is 1. The fourth-order valence-electron chi connectivity index (χ4n) is 2.77. The van der Waals surface area contributed by atoms with Crippen molar-refractivity contribution in [3.8, 4) is 17.4 Å². The molecule has 1 aliphatic heterocycles. The second-order valence-electron chi connectivity index (χ2n) is 5.54. The molecule has 0 bridgehead atoms. The van der Waals surface area contributed by atoms with E-state index < -0.39 is 0 Å². The van der Waals surface area contributed by atoms with Crippen LogP contribution in [0, 0.1) is 0 Å². The molecular formula is C19H19NO5. The summed E-state index contributed by atoms with van der Waals surface area (Å²) in [6.45, 7) is 1.34. The van der Waals surface area contributed by atoms with Crippen LogP contribution >= 0.6 is 0 Å². The van der Waals surface area contributed by atoms with Gasteiger partial charge in [0.1, 0.15) is 18.1 Å². The summed E-state index contributed by atoms with van der Waals surface area (Å²) in [5, 5.41) is 9.76. The zero-order valence-electron chi connectivity index (χ0n) is 13.9. The number of aldehydes is 1. The average Bonchev–Trinajstić information content (AvgIpc) is 2.66. The number of carbonyl (C=O) groups is 1. The molecule has 1 aliphatic rings. The van der Waals surface area contributed by atoms with Gasteiger partial charge in [0, 0.05) is 11.8 Å². The van der Waals surface area contributed by atoms with E-state index in [1.54, 1.807) is 25.4 Å². The molecule has 1 N–H and O–H groups in total. The second kappa shape index (κ2) is 7.81. The molecule has 1 aromatic carbocycles. The van der Waals surface area contributed by atoms with Crippen molar-refractivity contribution >= 4 is 11.9 Å². The van der Waals surface area contributed by atoms with Gasteiger partial charge in [-0.2, -0.15) is 0 Å². The van der Waals surface area contributed by atoms with Gasteiger partial charge in [-0.05, 0) is 41.8 Å². The Hall–Kier alpha value is -2.86. The summed E-state index contributed by atoms with van der Waals surface area (Å²) in [6.07, 6.45) is 2.97. The van der Waals surface area contributed by atoms with Crippen molar-refractivity contribution in [2.45, 2.75) is 6.42 Å². The van der Waals surface area contributed by atoms with Gasteiger partial charge < -0.3 is 19.3 Å². The first kappa shape index (κ1) is 17.0. The largest absolute Gasteiger partial charge is 0.507 e. The molecule has 130 valence electrons. The number of methoxy groups -OCH3 is 1. The molecule has 0 atom stereocenters. The molecule has 6 nitrogen and oxygen atoms in total. The minimum Gasteiger partial charge on any atom is -0.507 e. The zero-order chi connectivity index (χ0) is 17.6. The monoisotopic (exact) mass is 341 g/mol. The highest BCUT2D eigenvalue weighted by Gasteiger charge is 2.19. The van der Waals surface area contributed by atoms with Crippen LogP contribution in [0.3, 0.4) is 0 Å². The Bertz CT molecular complexity index is 800. The number of carbonyl (C=O) groups excluding carboxylic acids is 1. The maximum absolute atomic E-state index is 11.2. The molecular weight excluding hydrogens is 322 g/mol. The lowest BCUT2D eigenvalue weighted by Crippen LogP contribution is -2.16. The van der Waals surface area contributed by atoms with Gasteiger partial charge in [-0.25, -0.2) is 4.98 Å². The number of rotatable bonds is 6. The van der Waals surface area contributed by atoms with Crippen molar-refractivity contribution in [3.63, 3.8) is 0 Å².